The first-order chi connectivity index (χ1) is 12.3. The first-order valence-electron chi connectivity index (χ1n) is 8.82. The van der Waals surface area contributed by atoms with Crippen molar-refractivity contribution in [1.29, 1.82) is 0 Å². The van der Waals surface area contributed by atoms with Gasteiger partial charge in [0, 0.05) is 22.7 Å². The first kappa shape index (κ1) is 15.5. The minimum atomic E-state index is 0.570. The largest absolute Gasteiger partial charge is 0.302 e. The van der Waals surface area contributed by atoms with E-state index in [1.807, 2.05) is 17.4 Å². The third-order valence-electron chi connectivity index (χ3n) is 4.90. The van der Waals surface area contributed by atoms with Crippen LogP contribution in [0.5, 0.6) is 0 Å². The van der Waals surface area contributed by atoms with Crippen LogP contribution in [-0.2, 0) is 19.4 Å². The van der Waals surface area contributed by atoms with E-state index in [0.29, 0.717) is 5.92 Å². The lowest BCUT2D eigenvalue weighted by atomic mass is 9.97. The molecule has 2 aliphatic carbocycles. The minimum absolute atomic E-state index is 0.570. The Kier molecular flexibility index (Phi) is 3.86. The number of aromatic nitrogens is 5. The van der Waals surface area contributed by atoms with Gasteiger partial charge in [-0.15, -0.1) is 28.1 Å². The molecule has 1 fully saturated rings. The molecular formula is C18H19N5S2. The van der Waals surface area contributed by atoms with Crippen molar-refractivity contribution in [3.8, 4) is 0 Å². The van der Waals surface area contributed by atoms with Crippen molar-refractivity contribution in [2.24, 2.45) is 0 Å². The fourth-order valence-electron chi connectivity index (χ4n) is 3.54. The van der Waals surface area contributed by atoms with E-state index < -0.39 is 0 Å². The normalized spacial score (nSPS) is 17.0. The van der Waals surface area contributed by atoms with Crippen LogP contribution in [0.3, 0.4) is 0 Å². The molecular weight excluding hydrogens is 350 g/mol. The van der Waals surface area contributed by atoms with E-state index in [4.69, 9.17) is 0 Å². The molecule has 25 heavy (non-hydrogen) atoms. The summed E-state index contributed by atoms with van der Waals surface area (Å²) in [5.74, 6) is 1.67. The molecule has 0 radical (unpaired) electrons. The van der Waals surface area contributed by atoms with Gasteiger partial charge in [0.15, 0.2) is 5.16 Å². The molecule has 0 unspecified atom stereocenters. The smallest absolute Gasteiger partial charge is 0.197 e. The molecule has 0 spiro atoms. The van der Waals surface area contributed by atoms with Crippen molar-refractivity contribution >= 4 is 33.3 Å². The zero-order valence-electron chi connectivity index (χ0n) is 13.9. The lowest BCUT2D eigenvalue weighted by Gasteiger charge is -2.11. The highest BCUT2D eigenvalue weighted by atomic mass is 32.2. The van der Waals surface area contributed by atoms with Gasteiger partial charge >= 0.3 is 0 Å². The molecule has 0 aromatic carbocycles. The quantitative estimate of drug-likeness (QED) is 0.493. The van der Waals surface area contributed by atoms with E-state index in [9.17, 15) is 0 Å². The van der Waals surface area contributed by atoms with E-state index in [-0.39, 0.29) is 0 Å². The zero-order valence-corrected chi connectivity index (χ0v) is 15.6. The maximum atomic E-state index is 4.61. The van der Waals surface area contributed by atoms with Crippen molar-refractivity contribution in [3.05, 3.63) is 35.2 Å². The predicted molar refractivity (Wildman–Crippen MR) is 100 cm³/mol. The summed E-state index contributed by atoms with van der Waals surface area (Å²) in [6.07, 6.45) is 10.9. The molecule has 7 heteroatoms. The van der Waals surface area contributed by atoms with Crippen LogP contribution >= 0.6 is 23.1 Å². The maximum Gasteiger partial charge on any atom is 0.197 e. The highest BCUT2D eigenvalue weighted by Gasteiger charge is 2.30. The average Bonchev–Trinajstić information content (AvgIpc) is 3.29. The van der Waals surface area contributed by atoms with E-state index in [2.05, 4.69) is 31.3 Å². The molecule has 3 heterocycles. The summed E-state index contributed by atoms with van der Waals surface area (Å²) in [5, 5.41) is 12.1. The van der Waals surface area contributed by atoms with Gasteiger partial charge in [0.05, 0.1) is 0 Å². The Hall–Kier alpha value is -1.73. The van der Waals surface area contributed by atoms with Crippen LogP contribution in [0.15, 0.2) is 29.2 Å². The van der Waals surface area contributed by atoms with Gasteiger partial charge < -0.3 is 4.57 Å². The Bertz CT molecular complexity index is 954. The summed E-state index contributed by atoms with van der Waals surface area (Å²) in [5.41, 5.74) is 1.46. The molecule has 0 aliphatic heterocycles. The predicted octanol–water partition coefficient (Wildman–Crippen LogP) is 4.38. The van der Waals surface area contributed by atoms with Crippen molar-refractivity contribution < 1.29 is 0 Å². The van der Waals surface area contributed by atoms with Crippen LogP contribution < -0.4 is 0 Å². The lowest BCUT2D eigenvalue weighted by Crippen LogP contribution is -2.03. The molecule has 0 atom stereocenters. The molecule has 5 rings (SSSR count). The lowest BCUT2D eigenvalue weighted by molar-refractivity contribution is 0.681. The van der Waals surface area contributed by atoms with Crippen molar-refractivity contribution in [2.45, 2.75) is 61.2 Å². The summed E-state index contributed by atoms with van der Waals surface area (Å²) in [6.45, 7) is 4.64. The van der Waals surface area contributed by atoms with E-state index in [1.165, 1.54) is 47.9 Å². The zero-order chi connectivity index (χ0) is 16.8. The fraction of sp³-hybridized carbons (Fsp3) is 0.444. The monoisotopic (exact) mass is 369 g/mol. The second-order valence-corrected chi connectivity index (χ2v) is 8.73. The summed E-state index contributed by atoms with van der Waals surface area (Å²) in [6, 6.07) is 0. The highest BCUT2D eigenvalue weighted by Crippen LogP contribution is 2.43. The number of hydrogen-bond acceptors (Lipinski definition) is 6. The third kappa shape index (κ3) is 2.69. The van der Waals surface area contributed by atoms with Gasteiger partial charge in [0.1, 0.15) is 22.0 Å². The minimum Gasteiger partial charge on any atom is -0.302 e. The van der Waals surface area contributed by atoms with Crippen molar-refractivity contribution in [3.63, 3.8) is 0 Å². The number of fused-ring (bicyclic) bond motifs is 3. The summed E-state index contributed by atoms with van der Waals surface area (Å²) >= 11 is 3.46. The average molecular weight is 370 g/mol. The highest BCUT2D eigenvalue weighted by molar-refractivity contribution is 7.99. The van der Waals surface area contributed by atoms with Crippen LogP contribution in [0.4, 0.5) is 0 Å². The van der Waals surface area contributed by atoms with Crippen LogP contribution in [0.25, 0.3) is 10.2 Å². The summed E-state index contributed by atoms with van der Waals surface area (Å²) in [7, 11) is 0. The van der Waals surface area contributed by atoms with Crippen molar-refractivity contribution in [1.82, 2.24) is 24.7 Å². The van der Waals surface area contributed by atoms with Crippen LogP contribution in [0.1, 0.15) is 47.9 Å². The Balaban J connectivity index is 1.58. The second-order valence-electron chi connectivity index (χ2n) is 6.69. The molecule has 5 nitrogen and oxygen atoms in total. The van der Waals surface area contributed by atoms with Gasteiger partial charge in [-0.3, -0.25) is 0 Å². The van der Waals surface area contributed by atoms with E-state index >= 15 is 0 Å². The number of hydrogen-bond donors (Lipinski definition) is 0. The molecule has 0 N–H and O–H groups in total. The van der Waals surface area contributed by atoms with E-state index in [0.717, 1.165) is 33.8 Å². The Morgan fingerprint density at radius 2 is 2.12 bits per heavy atom. The number of aryl methyl sites for hydroxylation is 2. The van der Waals surface area contributed by atoms with Gasteiger partial charge in [0.2, 0.25) is 0 Å². The van der Waals surface area contributed by atoms with Crippen molar-refractivity contribution in [2.75, 3.05) is 0 Å². The molecule has 0 bridgehead atoms. The molecule has 3 aromatic heterocycles. The maximum absolute atomic E-state index is 4.61. The van der Waals surface area contributed by atoms with Gasteiger partial charge in [-0.1, -0.05) is 6.08 Å². The molecule has 3 aromatic rings. The number of thiophene rings is 1. The van der Waals surface area contributed by atoms with Crippen LogP contribution in [0.2, 0.25) is 0 Å². The second kappa shape index (κ2) is 6.21. The summed E-state index contributed by atoms with van der Waals surface area (Å²) < 4.78 is 2.20. The molecule has 0 amide bonds. The molecule has 1 saturated carbocycles. The molecule has 0 saturated heterocycles. The standard InChI is InChI=1S/C18H19N5S2/c1-2-9-23-15(11-7-8-11)21-22-18(23)25-17-14-12-5-3-4-6-13(12)24-16(14)19-10-20-17/h2,10-11H,1,3-9H2. The third-order valence-corrected chi connectivity index (χ3v) is 7.09. The Morgan fingerprint density at radius 3 is 2.96 bits per heavy atom. The van der Waals surface area contributed by atoms with Gasteiger partial charge in [-0.2, -0.15) is 0 Å². The number of nitrogens with zero attached hydrogens (tertiary/aromatic N) is 5. The fourth-order valence-corrected chi connectivity index (χ4v) is 5.79. The Labute approximate surface area is 154 Å². The van der Waals surface area contributed by atoms with Gasteiger partial charge in [-0.05, 0) is 55.9 Å². The number of rotatable bonds is 5. The SMILES string of the molecule is C=CCn1c(Sc2ncnc3sc4c(c23)CCCC4)nnc1C1CC1. The topological polar surface area (TPSA) is 56.5 Å². The molecule has 128 valence electrons. The summed E-state index contributed by atoms with van der Waals surface area (Å²) in [4.78, 5) is 11.7. The molecule has 2 aliphatic rings. The van der Waals surface area contributed by atoms with Crippen LogP contribution in [-0.4, -0.2) is 24.7 Å². The number of allylic oxidation sites excluding steroid dienone is 1. The van der Waals surface area contributed by atoms with Gasteiger partial charge in [-0.25, -0.2) is 9.97 Å². The van der Waals surface area contributed by atoms with Crippen LogP contribution in [0, 0.1) is 0 Å². The van der Waals surface area contributed by atoms with Gasteiger partial charge in [0.25, 0.3) is 0 Å². The van der Waals surface area contributed by atoms with E-state index in [1.54, 1.807) is 18.1 Å². The Morgan fingerprint density at radius 1 is 1.24 bits per heavy atom. The first-order valence-corrected chi connectivity index (χ1v) is 10.5.